The predicted molar refractivity (Wildman–Crippen MR) is 134 cm³/mol. The fourth-order valence-corrected chi connectivity index (χ4v) is 5.08. The Hall–Kier alpha value is -3.03. The van der Waals surface area contributed by atoms with Gasteiger partial charge in [0.15, 0.2) is 0 Å². The molecule has 7 nitrogen and oxygen atoms in total. The third-order valence-corrected chi connectivity index (χ3v) is 7.11. The number of rotatable bonds is 5. The first kappa shape index (κ1) is 22.7. The van der Waals surface area contributed by atoms with Crippen LogP contribution in [0.3, 0.4) is 0 Å². The van der Waals surface area contributed by atoms with Crippen molar-refractivity contribution in [1.29, 1.82) is 0 Å². The summed E-state index contributed by atoms with van der Waals surface area (Å²) in [6.45, 7) is 3.17. The molecule has 0 bridgehead atoms. The van der Waals surface area contributed by atoms with Crippen molar-refractivity contribution < 1.29 is 14.3 Å². The minimum atomic E-state index is -0.145. The number of halogens is 1. The van der Waals surface area contributed by atoms with Gasteiger partial charge in [-0.05, 0) is 49.2 Å². The lowest BCUT2D eigenvalue weighted by molar-refractivity contribution is 0.0863. The molecule has 2 amide bonds. The maximum Gasteiger partial charge on any atom is 0.251 e. The molecule has 2 atom stereocenters. The van der Waals surface area contributed by atoms with E-state index < -0.39 is 0 Å². The van der Waals surface area contributed by atoms with Crippen molar-refractivity contribution in [2.24, 2.45) is 0 Å². The van der Waals surface area contributed by atoms with Crippen molar-refractivity contribution in [1.82, 2.24) is 15.6 Å². The Balaban J connectivity index is 1.23. The number of aromatic nitrogens is 1. The van der Waals surface area contributed by atoms with E-state index in [1.54, 1.807) is 12.3 Å². The van der Waals surface area contributed by atoms with Crippen LogP contribution in [0.5, 0.6) is 0 Å². The molecule has 0 unspecified atom stereocenters. The SMILES string of the molecule is O=C(N[C@H]1CCCC[C@H]1NC(=O)c1ccc2c(Cl)c[nH]c2c1)c1ccc(N2CCOCC2)cc1. The van der Waals surface area contributed by atoms with Gasteiger partial charge >= 0.3 is 0 Å². The van der Waals surface area contributed by atoms with E-state index in [4.69, 9.17) is 16.3 Å². The van der Waals surface area contributed by atoms with Gasteiger partial charge in [0.25, 0.3) is 11.8 Å². The first-order valence-electron chi connectivity index (χ1n) is 11.9. The maximum atomic E-state index is 13.0. The quantitative estimate of drug-likeness (QED) is 0.512. The van der Waals surface area contributed by atoms with E-state index in [-0.39, 0.29) is 23.9 Å². The van der Waals surface area contributed by atoms with Gasteiger partial charge in [-0.1, -0.05) is 30.5 Å². The third kappa shape index (κ3) is 4.91. The average Bonchev–Trinajstić information content (AvgIpc) is 3.25. The van der Waals surface area contributed by atoms with Crippen LogP contribution < -0.4 is 15.5 Å². The fraction of sp³-hybridized carbons (Fsp3) is 0.385. The minimum Gasteiger partial charge on any atom is -0.378 e. The van der Waals surface area contributed by atoms with Crippen LogP contribution in [0.2, 0.25) is 5.02 Å². The number of H-pyrrole nitrogens is 1. The first-order valence-corrected chi connectivity index (χ1v) is 12.3. The van der Waals surface area contributed by atoms with Crippen molar-refractivity contribution in [3.63, 3.8) is 0 Å². The van der Waals surface area contributed by atoms with E-state index in [1.165, 1.54) is 0 Å². The van der Waals surface area contributed by atoms with E-state index in [1.807, 2.05) is 36.4 Å². The molecule has 0 spiro atoms. The second-order valence-corrected chi connectivity index (χ2v) is 9.39. The fourth-order valence-electron chi connectivity index (χ4n) is 4.86. The Labute approximate surface area is 203 Å². The van der Waals surface area contributed by atoms with E-state index in [0.717, 1.165) is 68.6 Å². The molecule has 1 aromatic heterocycles. The van der Waals surface area contributed by atoms with Crippen LogP contribution in [0.4, 0.5) is 5.69 Å². The molecule has 2 aliphatic rings. The zero-order valence-electron chi connectivity index (χ0n) is 19.0. The van der Waals surface area contributed by atoms with E-state index in [2.05, 4.69) is 20.5 Å². The van der Waals surface area contributed by atoms with Gasteiger partial charge in [0, 0.05) is 59.1 Å². The number of amides is 2. The monoisotopic (exact) mass is 480 g/mol. The number of nitrogens with zero attached hydrogens (tertiary/aromatic N) is 1. The lowest BCUT2D eigenvalue weighted by Crippen LogP contribution is -2.53. The van der Waals surface area contributed by atoms with Crippen molar-refractivity contribution in [3.8, 4) is 0 Å². The molecular weight excluding hydrogens is 452 g/mol. The Morgan fingerprint density at radius 2 is 1.53 bits per heavy atom. The Morgan fingerprint density at radius 1 is 0.912 bits per heavy atom. The van der Waals surface area contributed by atoms with E-state index in [9.17, 15) is 9.59 Å². The van der Waals surface area contributed by atoms with Gasteiger partial charge in [0.05, 0.1) is 18.2 Å². The molecular formula is C26H29ClN4O3. The lowest BCUT2D eigenvalue weighted by atomic mass is 9.89. The second-order valence-electron chi connectivity index (χ2n) is 8.99. The normalized spacial score (nSPS) is 20.8. The molecule has 178 valence electrons. The highest BCUT2D eigenvalue weighted by Gasteiger charge is 2.28. The molecule has 8 heteroatoms. The zero-order chi connectivity index (χ0) is 23.5. The molecule has 2 heterocycles. The van der Waals surface area contributed by atoms with E-state index in [0.29, 0.717) is 16.1 Å². The van der Waals surface area contributed by atoms with Crippen molar-refractivity contribution in [3.05, 3.63) is 64.8 Å². The number of morpholine rings is 1. The van der Waals surface area contributed by atoms with Gasteiger partial charge in [-0.3, -0.25) is 9.59 Å². The summed E-state index contributed by atoms with van der Waals surface area (Å²) in [5.41, 5.74) is 3.12. The summed E-state index contributed by atoms with van der Waals surface area (Å²) in [4.78, 5) is 31.3. The summed E-state index contributed by atoms with van der Waals surface area (Å²) in [6, 6.07) is 12.9. The topological polar surface area (TPSA) is 86.5 Å². The smallest absolute Gasteiger partial charge is 0.251 e. The number of hydrogen-bond donors (Lipinski definition) is 3. The Morgan fingerprint density at radius 3 is 2.21 bits per heavy atom. The molecule has 5 rings (SSSR count). The third-order valence-electron chi connectivity index (χ3n) is 6.80. The number of benzene rings is 2. The highest BCUT2D eigenvalue weighted by Crippen LogP contribution is 2.25. The van der Waals surface area contributed by atoms with Gasteiger partial charge in [-0.2, -0.15) is 0 Å². The van der Waals surface area contributed by atoms with Crippen molar-refractivity contribution in [2.45, 2.75) is 37.8 Å². The second kappa shape index (κ2) is 10.1. The molecule has 1 aliphatic heterocycles. The molecule has 3 aromatic rings. The number of hydrogen-bond acceptors (Lipinski definition) is 4. The number of nitrogens with one attached hydrogen (secondary N) is 3. The van der Waals surface area contributed by atoms with Crippen molar-refractivity contribution in [2.75, 3.05) is 31.2 Å². The number of anilines is 1. The number of aromatic amines is 1. The van der Waals surface area contributed by atoms with Gasteiger partial charge in [0.2, 0.25) is 0 Å². The Kier molecular flexibility index (Phi) is 6.74. The van der Waals surface area contributed by atoms with Crippen molar-refractivity contribution >= 4 is 40.0 Å². The number of ether oxygens (including phenoxy) is 1. The predicted octanol–water partition coefficient (Wildman–Crippen LogP) is 4.13. The van der Waals surface area contributed by atoms with Crippen LogP contribution >= 0.6 is 11.6 Å². The van der Waals surface area contributed by atoms with Gasteiger partial charge in [-0.15, -0.1) is 0 Å². The molecule has 2 fully saturated rings. The van der Waals surface area contributed by atoms with Crippen LogP contribution in [0, 0.1) is 0 Å². The molecule has 2 aromatic carbocycles. The number of carbonyl (C=O) groups is 2. The number of fused-ring (bicyclic) bond motifs is 1. The first-order chi connectivity index (χ1) is 16.6. The summed E-state index contributed by atoms with van der Waals surface area (Å²) in [6.07, 6.45) is 5.45. The summed E-state index contributed by atoms with van der Waals surface area (Å²) < 4.78 is 5.41. The van der Waals surface area contributed by atoms with Crippen LogP contribution in [0.25, 0.3) is 10.9 Å². The van der Waals surface area contributed by atoms with Crippen LogP contribution in [0.1, 0.15) is 46.4 Å². The van der Waals surface area contributed by atoms with Crippen LogP contribution in [-0.4, -0.2) is 55.2 Å². The largest absolute Gasteiger partial charge is 0.378 e. The summed E-state index contributed by atoms with van der Waals surface area (Å²) in [7, 11) is 0. The molecule has 3 N–H and O–H groups in total. The van der Waals surface area contributed by atoms with Gasteiger partial charge in [-0.25, -0.2) is 0 Å². The van der Waals surface area contributed by atoms with Crippen LogP contribution in [0.15, 0.2) is 48.7 Å². The standard InChI is InChI=1S/C26H29ClN4O3/c27-21-16-28-24-15-18(7-10-20(21)24)26(33)30-23-4-2-1-3-22(23)29-25(32)17-5-8-19(9-6-17)31-11-13-34-14-12-31/h5-10,15-16,22-23,28H,1-4,11-14H2,(H,29,32)(H,30,33)/t22-,23+/m0/s1. The minimum absolute atomic E-state index is 0.104. The lowest BCUT2D eigenvalue weighted by Gasteiger charge is -2.33. The summed E-state index contributed by atoms with van der Waals surface area (Å²) in [5, 5.41) is 7.83. The molecule has 1 saturated carbocycles. The summed E-state index contributed by atoms with van der Waals surface area (Å²) in [5.74, 6) is -0.254. The molecule has 0 radical (unpaired) electrons. The van der Waals surface area contributed by atoms with E-state index >= 15 is 0 Å². The zero-order valence-corrected chi connectivity index (χ0v) is 19.7. The highest BCUT2D eigenvalue weighted by atomic mass is 35.5. The van der Waals surface area contributed by atoms with Gasteiger partial charge < -0.3 is 25.3 Å². The Bertz CT molecular complexity index is 1170. The molecule has 34 heavy (non-hydrogen) atoms. The summed E-state index contributed by atoms with van der Waals surface area (Å²) >= 11 is 6.15. The average molecular weight is 481 g/mol. The van der Waals surface area contributed by atoms with Crippen LogP contribution in [-0.2, 0) is 4.74 Å². The maximum absolute atomic E-state index is 13.0. The number of carbonyl (C=O) groups excluding carboxylic acids is 2. The molecule has 1 saturated heterocycles. The highest BCUT2D eigenvalue weighted by molar-refractivity contribution is 6.35. The van der Waals surface area contributed by atoms with Gasteiger partial charge in [0.1, 0.15) is 0 Å². The molecule has 1 aliphatic carbocycles.